The van der Waals surface area contributed by atoms with E-state index in [4.69, 9.17) is 0 Å². The Labute approximate surface area is 195 Å². The Morgan fingerprint density at radius 3 is 2.61 bits per heavy atom. The number of anilines is 1. The minimum Gasteiger partial charge on any atom is -0.299 e. The van der Waals surface area contributed by atoms with Gasteiger partial charge in [-0.15, -0.1) is 4.91 Å². The van der Waals surface area contributed by atoms with E-state index < -0.39 is 10.0 Å². The summed E-state index contributed by atoms with van der Waals surface area (Å²) in [7, 11) is -3.73. The number of piperidine rings is 1. The lowest BCUT2D eigenvalue weighted by Gasteiger charge is -2.59. The highest BCUT2D eigenvalue weighted by Gasteiger charge is 2.54. The number of benzene rings is 2. The fraction of sp³-hybridized carbons (Fsp3) is 0.538. The van der Waals surface area contributed by atoms with Crippen molar-refractivity contribution in [1.82, 2.24) is 4.90 Å². The average molecular weight is 466 g/mol. The third-order valence-corrected chi connectivity index (χ3v) is 10.0. The van der Waals surface area contributed by atoms with Gasteiger partial charge >= 0.3 is 0 Å². The van der Waals surface area contributed by atoms with Gasteiger partial charge in [0.1, 0.15) is 5.69 Å². The maximum Gasteiger partial charge on any atom is 0.261 e. The van der Waals surface area contributed by atoms with Gasteiger partial charge in [0.15, 0.2) is 0 Å². The molecule has 6 rings (SSSR count). The fourth-order valence-corrected chi connectivity index (χ4v) is 7.96. The Balaban J connectivity index is 1.32. The van der Waals surface area contributed by atoms with Crippen molar-refractivity contribution in [2.45, 2.75) is 67.7 Å². The number of nitroso groups, excluding NO2 is 1. The van der Waals surface area contributed by atoms with Gasteiger partial charge < -0.3 is 0 Å². The van der Waals surface area contributed by atoms with Crippen LogP contribution in [0.25, 0.3) is 0 Å². The van der Waals surface area contributed by atoms with Gasteiger partial charge in [0.2, 0.25) is 0 Å². The maximum absolute atomic E-state index is 13.0. The van der Waals surface area contributed by atoms with Gasteiger partial charge in [-0.3, -0.25) is 9.62 Å². The van der Waals surface area contributed by atoms with Crippen molar-refractivity contribution in [2.75, 3.05) is 17.8 Å². The fourth-order valence-electron chi connectivity index (χ4n) is 6.91. The van der Waals surface area contributed by atoms with Crippen LogP contribution < -0.4 is 4.72 Å². The highest BCUT2D eigenvalue weighted by molar-refractivity contribution is 7.92. The van der Waals surface area contributed by atoms with E-state index in [-0.39, 0.29) is 16.0 Å². The molecule has 4 aliphatic rings. The van der Waals surface area contributed by atoms with Crippen LogP contribution in [-0.4, -0.2) is 32.4 Å². The second-order valence-electron chi connectivity index (χ2n) is 10.5. The highest BCUT2D eigenvalue weighted by Crippen LogP contribution is 2.56. The monoisotopic (exact) mass is 465 g/mol. The quantitative estimate of drug-likeness (QED) is 0.583. The second-order valence-corrected chi connectivity index (χ2v) is 12.2. The summed E-state index contributed by atoms with van der Waals surface area (Å²) in [6.07, 6.45) is 10.1. The van der Waals surface area contributed by atoms with Gasteiger partial charge in [0, 0.05) is 23.7 Å². The van der Waals surface area contributed by atoms with E-state index in [9.17, 15) is 13.3 Å². The predicted molar refractivity (Wildman–Crippen MR) is 129 cm³/mol. The molecule has 7 heteroatoms. The van der Waals surface area contributed by atoms with E-state index in [2.05, 4.69) is 26.9 Å². The largest absolute Gasteiger partial charge is 0.299 e. The van der Waals surface area contributed by atoms with E-state index in [1.165, 1.54) is 93.4 Å². The first kappa shape index (κ1) is 21.3. The first-order valence-corrected chi connectivity index (χ1v) is 13.8. The molecule has 1 heterocycles. The van der Waals surface area contributed by atoms with Crippen LogP contribution in [0.3, 0.4) is 0 Å². The summed E-state index contributed by atoms with van der Waals surface area (Å²) in [5, 5.41) is 2.85. The van der Waals surface area contributed by atoms with Crippen LogP contribution >= 0.6 is 0 Å². The van der Waals surface area contributed by atoms with Crippen LogP contribution in [0.2, 0.25) is 0 Å². The van der Waals surface area contributed by atoms with Crippen molar-refractivity contribution >= 4 is 21.4 Å². The van der Waals surface area contributed by atoms with E-state index in [0.717, 1.165) is 12.3 Å². The summed E-state index contributed by atoms with van der Waals surface area (Å²) in [6.45, 7) is 2.44. The average Bonchev–Trinajstić information content (AvgIpc) is 3.65. The van der Waals surface area contributed by atoms with Gasteiger partial charge in [-0.1, -0.05) is 18.9 Å². The molecule has 6 nitrogen and oxygen atoms in total. The molecule has 174 valence electrons. The molecule has 1 aliphatic heterocycles. The minimum atomic E-state index is -3.73. The molecule has 3 fully saturated rings. The zero-order valence-electron chi connectivity index (χ0n) is 18.9. The van der Waals surface area contributed by atoms with Gasteiger partial charge in [-0.25, -0.2) is 8.42 Å². The van der Waals surface area contributed by atoms with Crippen molar-refractivity contribution < 1.29 is 8.42 Å². The summed E-state index contributed by atoms with van der Waals surface area (Å²) in [4.78, 5) is 13.6. The molecule has 0 aromatic heterocycles. The Morgan fingerprint density at radius 1 is 1.03 bits per heavy atom. The third-order valence-electron chi connectivity index (χ3n) is 8.65. The van der Waals surface area contributed by atoms with Crippen LogP contribution in [0.5, 0.6) is 0 Å². The highest BCUT2D eigenvalue weighted by atomic mass is 32.2. The first-order chi connectivity index (χ1) is 16.0. The lowest BCUT2D eigenvalue weighted by atomic mass is 9.52. The molecule has 2 saturated carbocycles. The molecule has 33 heavy (non-hydrogen) atoms. The minimum absolute atomic E-state index is 0.134. The summed E-state index contributed by atoms with van der Waals surface area (Å²) in [6, 6.07) is 12.5. The molecule has 1 saturated heterocycles. The number of nitrogens with one attached hydrogen (secondary N) is 1. The van der Waals surface area contributed by atoms with Gasteiger partial charge in [0.25, 0.3) is 10.0 Å². The Kier molecular flexibility index (Phi) is 5.11. The molecule has 0 spiro atoms. The zero-order chi connectivity index (χ0) is 22.6. The smallest absolute Gasteiger partial charge is 0.261 e. The molecular weight excluding hydrogens is 434 g/mol. The van der Waals surface area contributed by atoms with Crippen molar-refractivity contribution in [2.24, 2.45) is 17.0 Å². The third kappa shape index (κ3) is 3.69. The van der Waals surface area contributed by atoms with Crippen molar-refractivity contribution in [3.05, 3.63) is 58.5 Å². The number of rotatable bonds is 6. The van der Waals surface area contributed by atoms with Crippen LogP contribution in [0.4, 0.5) is 11.4 Å². The Morgan fingerprint density at radius 2 is 1.85 bits per heavy atom. The van der Waals surface area contributed by atoms with E-state index >= 15 is 0 Å². The number of sulfonamides is 1. The van der Waals surface area contributed by atoms with Crippen LogP contribution in [0.1, 0.15) is 56.1 Å². The maximum atomic E-state index is 13.0. The van der Waals surface area contributed by atoms with Crippen LogP contribution in [-0.2, 0) is 21.9 Å². The van der Waals surface area contributed by atoms with E-state index in [0.29, 0.717) is 17.6 Å². The first-order valence-electron chi connectivity index (χ1n) is 12.3. The molecule has 3 unspecified atom stereocenters. The zero-order valence-corrected chi connectivity index (χ0v) is 19.7. The number of hydrogen-bond acceptors (Lipinski definition) is 5. The Hall–Kier alpha value is -2.25. The Bertz CT molecular complexity index is 1180. The summed E-state index contributed by atoms with van der Waals surface area (Å²) >= 11 is 0. The molecule has 1 N–H and O–H groups in total. The predicted octanol–water partition coefficient (Wildman–Crippen LogP) is 5.35. The summed E-state index contributed by atoms with van der Waals surface area (Å²) in [5.41, 5.74) is 3.82. The van der Waals surface area contributed by atoms with Crippen molar-refractivity contribution in [3.63, 3.8) is 0 Å². The molecule has 0 amide bonds. The molecule has 2 aromatic carbocycles. The lowest BCUT2D eigenvalue weighted by Crippen LogP contribution is -2.61. The number of hydrogen-bond donors (Lipinski definition) is 1. The summed E-state index contributed by atoms with van der Waals surface area (Å²) in [5.74, 6) is 1.59. The van der Waals surface area contributed by atoms with E-state index in [1.54, 1.807) is 0 Å². The number of fused-ring (bicyclic) bond motifs is 1. The van der Waals surface area contributed by atoms with Crippen LogP contribution in [0.15, 0.2) is 52.5 Å². The van der Waals surface area contributed by atoms with E-state index in [1.807, 2.05) is 6.07 Å². The molecule has 3 aliphatic carbocycles. The topological polar surface area (TPSA) is 78.8 Å². The number of nitrogens with zero attached hydrogens (tertiary/aromatic N) is 2. The molecule has 2 aromatic rings. The van der Waals surface area contributed by atoms with Crippen molar-refractivity contribution in [3.8, 4) is 0 Å². The van der Waals surface area contributed by atoms with Crippen LogP contribution in [0, 0.1) is 16.7 Å². The normalized spacial score (nSPS) is 29.1. The summed E-state index contributed by atoms with van der Waals surface area (Å²) < 4.78 is 28.8. The molecule has 3 atom stereocenters. The number of likely N-dealkylation sites (tertiary alicyclic amines) is 1. The van der Waals surface area contributed by atoms with Gasteiger partial charge in [-0.05, 0) is 110 Å². The molecular formula is C26H31N3O3S. The molecule has 2 bridgehead atoms. The SMILES string of the molecule is O=Nc1ccc(S(=O)(=O)Nc2ccc3c(c2)C24CCCCC2C(C3)N(CC2CC2)CC4)cc1. The standard InChI is InChI=1S/C26H31N3O3S/c30-27-20-8-10-22(11-9-20)33(31,32)28-21-7-6-19-15-25-23-3-1-2-12-26(23,24(19)16-21)13-14-29(25)17-18-4-5-18/h6-11,16,18,23,25,28H,1-5,12-15,17H2. The lowest BCUT2D eigenvalue weighted by molar-refractivity contribution is -0.0133. The van der Waals surface area contributed by atoms with Gasteiger partial charge in [0.05, 0.1) is 4.90 Å². The van der Waals surface area contributed by atoms with Gasteiger partial charge in [-0.2, -0.15) is 0 Å². The second kappa shape index (κ2) is 7.91. The molecule has 0 radical (unpaired) electrons. The van der Waals surface area contributed by atoms with Crippen molar-refractivity contribution in [1.29, 1.82) is 0 Å².